The van der Waals surface area contributed by atoms with Crippen molar-refractivity contribution in [2.45, 2.75) is 19.3 Å². The fourth-order valence-electron chi connectivity index (χ4n) is 4.09. The monoisotopic (exact) mass is 418 g/mol. The van der Waals surface area contributed by atoms with Gasteiger partial charge in [0, 0.05) is 38.0 Å². The van der Waals surface area contributed by atoms with E-state index >= 15 is 0 Å². The number of para-hydroxylation sites is 3. The van der Waals surface area contributed by atoms with Crippen LogP contribution in [-0.2, 0) is 4.79 Å². The van der Waals surface area contributed by atoms with Gasteiger partial charge in [0.2, 0.25) is 5.91 Å². The molecule has 31 heavy (non-hydrogen) atoms. The average Bonchev–Trinajstić information content (AvgIpc) is 2.82. The Hall–Kier alpha value is -3.12. The molecule has 1 aliphatic heterocycles. The number of unbranched alkanes of at least 4 members (excludes halogenated alkanes) is 1. The highest BCUT2D eigenvalue weighted by molar-refractivity contribution is 5.93. The molecule has 1 saturated heterocycles. The van der Waals surface area contributed by atoms with Crippen LogP contribution < -0.4 is 15.0 Å². The minimum absolute atomic E-state index is 0.0538. The molecular weight excluding hydrogens is 388 g/mol. The van der Waals surface area contributed by atoms with Crippen molar-refractivity contribution in [1.82, 2.24) is 9.88 Å². The van der Waals surface area contributed by atoms with Gasteiger partial charge in [0.15, 0.2) is 0 Å². The van der Waals surface area contributed by atoms with Crippen molar-refractivity contribution in [2.24, 2.45) is 0 Å². The standard InChI is InChI=1S/C25H30N4O2/c1-31-24-11-5-4-10-23(24)29-16-14-28(15-17-29)13-7-6-12-25(30)27-21-18-20-8-2-3-9-22(20)26-19-21/h2-5,8-11,18-19H,6-7,12-17H2,1H3,(H,27,30). The van der Waals surface area contributed by atoms with Crippen LogP contribution in [-0.4, -0.2) is 55.6 Å². The first-order chi connectivity index (χ1) is 15.2. The molecule has 0 radical (unpaired) electrons. The van der Waals surface area contributed by atoms with Gasteiger partial charge in [-0.25, -0.2) is 0 Å². The predicted molar refractivity (Wildman–Crippen MR) is 126 cm³/mol. The van der Waals surface area contributed by atoms with E-state index in [9.17, 15) is 4.79 Å². The molecule has 0 saturated carbocycles. The molecule has 0 aliphatic carbocycles. The topological polar surface area (TPSA) is 57.7 Å². The number of carbonyl (C=O) groups is 1. The minimum atomic E-state index is 0.0538. The van der Waals surface area contributed by atoms with Gasteiger partial charge in [-0.05, 0) is 43.7 Å². The fraction of sp³-hybridized carbons (Fsp3) is 0.360. The Morgan fingerprint density at radius 1 is 1.03 bits per heavy atom. The SMILES string of the molecule is COc1ccccc1N1CCN(CCCCC(=O)Nc2cnc3ccccc3c2)CC1. The lowest BCUT2D eigenvalue weighted by molar-refractivity contribution is -0.116. The number of nitrogens with one attached hydrogen (secondary N) is 1. The van der Waals surface area contributed by atoms with Crippen molar-refractivity contribution >= 4 is 28.2 Å². The van der Waals surface area contributed by atoms with Crippen molar-refractivity contribution < 1.29 is 9.53 Å². The highest BCUT2D eigenvalue weighted by Gasteiger charge is 2.19. The summed E-state index contributed by atoms with van der Waals surface area (Å²) in [5.74, 6) is 0.988. The third-order valence-corrected chi connectivity index (χ3v) is 5.80. The van der Waals surface area contributed by atoms with Crippen LogP contribution in [0.25, 0.3) is 10.9 Å². The Labute approximate surface area is 183 Å². The Kier molecular flexibility index (Phi) is 6.99. The average molecular weight is 419 g/mol. The van der Waals surface area contributed by atoms with Crippen molar-refractivity contribution in [1.29, 1.82) is 0 Å². The van der Waals surface area contributed by atoms with Crippen LogP contribution in [0.3, 0.4) is 0 Å². The van der Waals surface area contributed by atoms with E-state index in [0.29, 0.717) is 6.42 Å². The minimum Gasteiger partial charge on any atom is -0.495 e. The van der Waals surface area contributed by atoms with E-state index in [1.54, 1.807) is 13.3 Å². The first-order valence-corrected chi connectivity index (χ1v) is 11.0. The lowest BCUT2D eigenvalue weighted by Gasteiger charge is -2.36. The summed E-state index contributed by atoms with van der Waals surface area (Å²) in [5, 5.41) is 4.01. The van der Waals surface area contributed by atoms with E-state index < -0.39 is 0 Å². The molecule has 1 N–H and O–H groups in total. The zero-order chi connectivity index (χ0) is 21.5. The number of hydrogen-bond donors (Lipinski definition) is 1. The van der Waals surface area contributed by atoms with Crippen LogP contribution >= 0.6 is 0 Å². The van der Waals surface area contributed by atoms with E-state index in [1.807, 2.05) is 42.5 Å². The summed E-state index contributed by atoms with van der Waals surface area (Å²) in [4.78, 5) is 21.6. The number of carbonyl (C=O) groups excluding carboxylic acids is 1. The molecule has 1 aliphatic rings. The molecule has 3 aromatic rings. The zero-order valence-electron chi connectivity index (χ0n) is 18.1. The second-order valence-corrected chi connectivity index (χ2v) is 7.92. The summed E-state index contributed by atoms with van der Waals surface area (Å²) in [7, 11) is 1.72. The smallest absolute Gasteiger partial charge is 0.224 e. The number of anilines is 2. The molecule has 0 bridgehead atoms. The number of ether oxygens (including phenoxy) is 1. The van der Waals surface area contributed by atoms with E-state index in [1.165, 1.54) is 5.69 Å². The van der Waals surface area contributed by atoms with Gasteiger partial charge in [-0.15, -0.1) is 0 Å². The predicted octanol–water partition coefficient (Wildman–Crippen LogP) is 4.17. The van der Waals surface area contributed by atoms with Crippen molar-refractivity contribution in [3.8, 4) is 5.75 Å². The molecule has 4 rings (SSSR count). The molecule has 6 nitrogen and oxygen atoms in total. The number of pyridine rings is 1. The summed E-state index contributed by atoms with van der Waals surface area (Å²) < 4.78 is 5.49. The van der Waals surface area contributed by atoms with E-state index in [2.05, 4.69) is 32.2 Å². The molecule has 162 valence electrons. The first-order valence-electron chi connectivity index (χ1n) is 11.0. The number of rotatable bonds is 8. The van der Waals surface area contributed by atoms with E-state index in [4.69, 9.17) is 4.74 Å². The van der Waals surface area contributed by atoms with Crippen LogP contribution in [0.4, 0.5) is 11.4 Å². The zero-order valence-corrected chi connectivity index (χ0v) is 18.1. The molecular formula is C25H30N4O2. The third-order valence-electron chi connectivity index (χ3n) is 5.80. The number of amides is 1. The molecule has 0 atom stereocenters. The van der Waals surface area contributed by atoms with Gasteiger partial charge in [0.1, 0.15) is 5.75 Å². The number of aromatic nitrogens is 1. The number of benzene rings is 2. The summed E-state index contributed by atoms with van der Waals surface area (Å²) in [6.07, 6.45) is 4.17. The summed E-state index contributed by atoms with van der Waals surface area (Å²) in [6.45, 7) is 5.09. The van der Waals surface area contributed by atoms with Crippen molar-refractivity contribution in [2.75, 3.05) is 50.1 Å². The van der Waals surface area contributed by atoms with Gasteiger partial charge in [-0.3, -0.25) is 14.7 Å². The second kappa shape index (κ2) is 10.3. The Morgan fingerprint density at radius 3 is 2.65 bits per heavy atom. The fourth-order valence-corrected chi connectivity index (χ4v) is 4.09. The number of fused-ring (bicyclic) bond motifs is 1. The lowest BCUT2D eigenvalue weighted by Crippen LogP contribution is -2.46. The highest BCUT2D eigenvalue weighted by atomic mass is 16.5. The van der Waals surface area contributed by atoms with Crippen LogP contribution in [0.15, 0.2) is 60.8 Å². The third kappa shape index (κ3) is 5.52. The molecule has 6 heteroatoms. The molecule has 0 spiro atoms. The van der Waals surface area contributed by atoms with Gasteiger partial charge in [-0.2, -0.15) is 0 Å². The summed E-state index contributed by atoms with van der Waals surface area (Å²) in [5.41, 5.74) is 2.87. The Balaban J connectivity index is 1.16. The molecule has 1 fully saturated rings. The van der Waals surface area contributed by atoms with Crippen LogP contribution in [0.2, 0.25) is 0 Å². The van der Waals surface area contributed by atoms with Crippen molar-refractivity contribution in [3.05, 3.63) is 60.8 Å². The maximum atomic E-state index is 12.3. The van der Waals surface area contributed by atoms with Gasteiger partial charge in [-0.1, -0.05) is 30.3 Å². The molecule has 1 amide bonds. The number of nitrogens with zero attached hydrogens (tertiary/aromatic N) is 3. The second-order valence-electron chi connectivity index (χ2n) is 7.92. The number of piperazine rings is 1. The van der Waals surface area contributed by atoms with Crippen molar-refractivity contribution in [3.63, 3.8) is 0 Å². The molecule has 2 aromatic carbocycles. The Bertz CT molecular complexity index is 1020. The maximum absolute atomic E-state index is 12.3. The van der Waals surface area contributed by atoms with Gasteiger partial charge < -0.3 is 15.0 Å². The maximum Gasteiger partial charge on any atom is 0.224 e. The summed E-state index contributed by atoms with van der Waals surface area (Å²) >= 11 is 0. The number of hydrogen-bond acceptors (Lipinski definition) is 5. The van der Waals surface area contributed by atoms with Crippen LogP contribution in [0.5, 0.6) is 5.75 Å². The van der Waals surface area contributed by atoms with Gasteiger partial charge in [0.05, 0.1) is 30.2 Å². The Morgan fingerprint density at radius 2 is 1.81 bits per heavy atom. The van der Waals surface area contributed by atoms with Gasteiger partial charge in [0.25, 0.3) is 0 Å². The molecule has 0 unspecified atom stereocenters. The quantitative estimate of drug-likeness (QED) is 0.557. The molecule has 2 heterocycles. The first kappa shape index (κ1) is 21.1. The largest absolute Gasteiger partial charge is 0.495 e. The molecule has 1 aromatic heterocycles. The normalized spacial score (nSPS) is 14.5. The number of methoxy groups -OCH3 is 1. The van der Waals surface area contributed by atoms with Gasteiger partial charge >= 0.3 is 0 Å². The summed E-state index contributed by atoms with van der Waals surface area (Å²) in [6, 6.07) is 18.1. The lowest BCUT2D eigenvalue weighted by atomic mass is 10.2. The van der Waals surface area contributed by atoms with E-state index in [0.717, 1.165) is 67.9 Å². The van der Waals surface area contributed by atoms with Crippen LogP contribution in [0.1, 0.15) is 19.3 Å². The highest BCUT2D eigenvalue weighted by Crippen LogP contribution is 2.28. The van der Waals surface area contributed by atoms with Crippen LogP contribution in [0, 0.1) is 0 Å². The van der Waals surface area contributed by atoms with E-state index in [-0.39, 0.29) is 5.91 Å².